The number of nitrogens with zero attached hydrogens (tertiary/aromatic N) is 1. The molecule has 2 rings (SSSR count). The predicted octanol–water partition coefficient (Wildman–Crippen LogP) is 2.31. The molecule has 0 unspecified atom stereocenters. The normalized spacial score (nSPS) is 10.3. The minimum absolute atomic E-state index is 0.606. The Hall–Kier alpha value is -2.17. The summed E-state index contributed by atoms with van der Waals surface area (Å²) in [6, 6.07) is 5.69. The number of aryl methyl sites for hydroxylation is 1. The van der Waals surface area contributed by atoms with Crippen LogP contribution < -0.4 is 15.8 Å². The number of nitrogen functional groups attached to an aromatic ring is 1. The topological polar surface area (TPSA) is 76.0 Å². The third-order valence-electron chi connectivity index (χ3n) is 2.73. The van der Waals surface area contributed by atoms with Gasteiger partial charge < -0.3 is 15.8 Å². The lowest BCUT2D eigenvalue weighted by Crippen LogP contribution is -2.02. The van der Waals surface area contributed by atoms with Crippen molar-refractivity contribution in [3.63, 3.8) is 0 Å². The molecule has 1 aromatic carbocycles. The van der Waals surface area contributed by atoms with Gasteiger partial charge in [-0.2, -0.15) is 5.10 Å². The first-order valence-corrected chi connectivity index (χ1v) is 5.95. The molecule has 0 radical (unpaired) electrons. The minimum atomic E-state index is 0.606. The number of benzene rings is 1. The van der Waals surface area contributed by atoms with Crippen LogP contribution in [0.15, 0.2) is 24.4 Å². The van der Waals surface area contributed by atoms with Crippen LogP contribution in [0.4, 0.5) is 11.4 Å². The van der Waals surface area contributed by atoms with Crippen molar-refractivity contribution in [3.05, 3.63) is 35.7 Å². The standard InChI is InChI=1S/C13H18N4O/c1-3-18-13-6-11(4-5-12(13)14)15-7-10-8-16-17-9(10)2/h4-6,8,15H,3,7,14H2,1-2H3,(H,16,17). The lowest BCUT2D eigenvalue weighted by atomic mass is 10.2. The fourth-order valence-corrected chi connectivity index (χ4v) is 1.68. The summed E-state index contributed by atoms with van der Waals surface area (Å²) in [5, 5.41) is 10.2. The van der Waals surface area contributed by atoms with Crippen molar-refractivity contribution in [1.82, 2.24) is 10.2 Å². The molecule has 0 saturated heterocycles. The van der Waals surface area contributed by atoms with Crippen molar-refractivity contribution in [2.45, 2.75) is 20.4 Å². The van der Waals surface area contributed by atoms with Crippen LogP contribution in [0.5, 0.6) is 5.75 Å². The van der Waals surface area contributed by atoms with Gasteiger partial charge in [0.15, 0.2) is 0 Å². The second-order valence-corrected chi connectivity index (χ2v) is 4.06. The highest BCUT2D eigenvalue weighted by molar-refractivity contribution is 5.61. The van der Waals surface area contributed by atoms with Crippen molar-refractivity contribution >= 4 is 11.4 Å². The van der Waals surface area contributed by atoms with Crippen LogP contribution in [0.25, 0.3) is 0 Å². The minimum Gasteiger partial charge on any atom is -0.492 e. The van der Waals surface area contributed by atoms with Crippen LogP contribution in [0.3, 0.4) is 0 Å². The molecule has 5 heteroatoms. The number of hydrogen-bond acceptors (Lipinski definition) is 4. The molecule has 0 aliphatic heterocycles. The van der Waals surface area contributed by atoms with Gasteiger partial charge in [0, 0.05) is 29.6 Å². The number of hydrogen-bond donors (Lipinski definition) is 3. The summed E-state index contributed by atoms with van der Waals surface area (Å²) in [6.07, 6.45) is 1.82. The largest absolute Gasteiger partial charge is 0.492 e. The number of nitrogens with one attached hydrogen (secondary N) is 2. The Labute approximate surface area is 106 Å². The fourth-order valence-electron chi connectivity index (χ4n) is 1.68. The van der Waals surface area contributed by atoms with Crippen LogP contribution in [0.1, 0.15) is 18.2 Å². The van der Waals surface area contributed by atoms with Gasteiger partial charge in [-0.1, -0.05) is 0 Å². The number of H-pyrrole nitrogens is 1. The van der Waals surface area contributed by atoms with Gasteiger partial charge in [0.2, 0.25) is 0 Å². The van der Waals surface area contributed by atoms with E-state index in [2.05, 4.69) is 15.5 Å². The van der Waals surface area contributed by atoms with Gasteiger partial charge in [-0.3, -0.25) is 5.10 Å². The van der Waals surface area contributed by atoms with Crippen molar-refractivity contribution in [2.24, 2.45) is 0 Å². The van der Waals surface area contributed by atoms with Crippen LogP contribution in [0, 0.1) is 6.92 Å². The SMILES string of the molecule is CCOc1cc(NCc2cn[nH]c2C)ccc1N. The zero-order chi connectivity index (χ0) is 13.0. The first-order valence-electron chi connectivity index (χ1n) is 5.95. The third-order valence-corrected chi connectivity index (χ3v) is 2.73. The average Bonchev–Trinajstić information content (AvgIpc) is 2.76. The van der Waals surface area contributed by atoms with Crippen molar-refractivity contribution in [2.75, 3.05) is 17.7 Å². The molecule has 96 valence electrons. The van der Waals surface area contributed by atoms with Gasteiger partial charge in [0.1, 0.15) is 5.75 Å². The first-order chi connectivity index (χ1) is 8.70. The number of rotatable bonds is 5. The van der Waals surface area contributed by atoms with Gasteiger partial charge in [-0.15, -0.1) is 0 Å². The maximum atomic E-state index is 5.82. The summed E-state index contributed by atoms with van der Waals surface area (Å²) in [5.74, 6) is 0.714. The molecular weight excluding hydrogens is 228 g/mol. The van der Waals surface area contributed by atoms with E-state index in [-0.39, 0.29) is 0 Å². The van der Waals surface area contributed by atoms with E-state index in [1.807, 2.05) is 38.2 Å². The monoisotopic (exact) mass is 246 g/mol. The van der Waals surface area contributed by atoms with Crippen LogP contribution in [-0.2, 0) is 6.54 Å². The highest BCUT2D eigenvalue weighted by Crippen LogP contribution is 2.25. The van der Waals surface area contributed by atoms with Crippen molar-refractivity contribution < 1.29 is 4.74 Å². The second kappa shape index (κ2) is 5.44. The molecule has 5 nitrogen and oxygen atoms in total. The summed E-state index contributed by atoms with van der Waals surface area (Å²) in [5.41, 5.74) is 9.67. The van der Waals surface area contributed by atoms with Crippen LogP contribution >= 0.6 is 0 Å². The average molecular weight is 246 g/mol. The van der Waals surface area contributed by atoms with E-state index < -0.39 is 0 Å². The van der Waals surface area contributed by atoms with Gasteiger partial charge in [0.05, 0.1) is 18.5 Å². The highest BCUT2D eigenvalue weighted by atomic mass is 16.5. The summed E-state index contributed by atoms with van der Waals surface area (Å²) in [4.78, 5) is 0. The van der Waals surface area contributed by atoms with Crippen LogP contribution in [-0.4, -0.2) is 16.8 Å². The van der Waals surface area contributed by atoms with Crippen molar-refractivity contribution in [3.8, 4) is 5.75 Å². The van der Waals surface area contributed by atoms with E-state index >= 15 is 0 Å². The fraction of sp³-hybridized carbons (Fsp3) is 0.308. The molecule has 0 spiro atoms. The lowest BCUT2D eigenvalue weighted by Gasteiger charge is -2.10. The van der Waals surface area contributed by atoms with Gasteiger partial charge in [0.25, 0.3) is 0 Å². The number of aromatic nitrogens is 2. The summed E-state index contributed by atoms with van der Waals surface area (Å²) < 4.78 is 5.45. The molecule has 4 N–H and O–H groups in total. The molecule has 0 saturated carbocycles. The van der Waals surface area contributed by atoms with E-state index in [0.29, 0.717) is 18.0 Å². The van der Waals surface area contributed by atoms with E-state index in [4.69, 9.17) is 10.5 Å². The Bertz CT molecular complexity index is 521. The van der Waals surface area contributed by atoms with Gasteiger partial charge in [-0.05, 0) is 26.0 Å². The Morgan fingerprint density at radius 2 is 2.28 bits per heavy atom. The van der Waals surface area contributed by atoms with Crippen LogP contribution in [0.2, 0.25) is 0 Å². The third kappa shape index (κ3) is 2.74. The molecule has 0 fully saturated rings. The summed E-state index contributed by atoms with van der Waals surface area (Å²) >= 11 is 0. The molecule has 0 atom stereocenters. The maximum absolute atomic E-state index is 5.82. The molecule has 1 heterocycles. The molecule has 0 bridgehead atoms. The van der Waals surface area contributed by atoms with E-state index in [9.17, 15) is 0 Å². The van der Waals surface area contributed by atoms with E-state index in [1.165, 1.54) is 0 Å². The Morgan fingerprint density at radius 1 is 1.44 bits per heavy atom. The molecule has 2 aromatic rings. The lowest BCUT2D eigenvalue weighted by molar-refractivity contribution is 0.342. The first kappa shape index (κ1) is 12.3. The number of anilines is 2. The Kier molecular flexibility index (Phi) is 3.72. The van der Waals surface area contributed by atoms with Gasteiger partial charge >= 0.3 is 0 Å². The maximum Gasteiger partial charge on any atom is 0.144 e. The highest BCUT2D eigenvalue weighted by Gasteiger charge is 2.03. The van der Waals surface area contributed by atoms with Crippen molar-refractivity contribution in [1.29, 1.82) is 0 Å². The predicted molar refractivity (Wildman–Crippen MR) is 72.7 cm³/mol. The smallest absolute Gasteiger partial charge is 0.144 e. The second-order valence-electron chi connectivity index (χ2n) is 4.06. The van der Waals surface area contributed by atoms with E-state index in [1.54, 1.807) is 0 Å². The molecule has 18 heavy (non-hydrogen) atoms. The molecule has 0 aliphatic rings. The van der Waals surface area contributed by atoms with E-state index in [0.717, 1.165) is 23.5 Å². The molecule has 0 aliphatic carbocycles. The number of nitrogens with two attached hydrogens (primary N) is 1. The number of ether oxygens (including phenoxy) is 1. The summed E-state index contributed by atoms with van der Waals surface area (Å²) in [6.45, 7) is 5.26. The molecular formula is C13H18N4O. The Morgan fingerprint density at radius 3 is 2.94 bits per heavy atom. The zero-order valence-corrected chi connectivity index (χ0v) is 10.7. The Balaban J connectivity index is 2.05. The zero-order valence-electron chi connectivity index (χ0n) is 10.7. The molecule has 0 amide bonds. The molecule has 1 aromatic heterocycles. The number of aromatic amines is 1. The summed E-state index contributed by atoms with van der Waals surface area (Å²) in [7, 11) is 0. The quantitative estimate of drug-likeness (QED) is 0.708. The van der Waals surface area contributed by atoms with Gasteiger partial charge in [-0.25, -0.2) is 0 Å².